The number of rotatable bonds is 9. The van der Waals surface area contributed by atoms with Gasteiger partial charge in [0, 0.05) is 41.2 Å². The minimum Gasteiger partial charge on any atom is -0.395 e. The van der Waals surface area contributed by atoms with Gasteiger partial charge in [-0.05, 0) is 55.8 Å². The molecule has 0 aliphatic heterocycles. The summed E-state index contributed by atoms with van der Waals surface area (Å²) in [5.74, 6) is 0.154. The topological polar surface area (TPSA) is 91.8 Å². The van der Waals surface area contributed by atoms with Crippen LogP contribution in [0.2, 0.25) is 0 Å². The van der Waals surface area contributed by atoms with Crippen LogP contribution in [0.4, 0.5) is 5.82 Å². The lowest BCUT2D eigenvalue weighted by atomic mass is 10.0. The van der Waals surface area contributed by atoms with E-state index in [1.165, 1.54) is 18.3 Å². The Balaban J connectivity index is 0.00000241. The molecule has 2 aromatic carbocycles. The number of aliphatic hydroxyl groups excluding tert-OH is 1. The lowest BCUT2D eigenvalue weighted by Gasteiger charge is -2.17. The molecule has 0 saturated carbocycles. The van der Waals surface area contributed by atoms with E-state index in [4.69, 9.17) is 4.74 Å². The quantitative estimate of drug-likeness (QED) is 0.256. The second-order valence-electron chi connectivity index (χ2n) is 8.62. The second-order valence-corrected chi connectivity index (χ2v) is 9.64. The molecule has 1 amide bonds. The summed E-state index contributed by atoms with van der Waals surface area (Å²) in [4.78, 5) is 32.9. The van der Waals surface area contributed by atoms with Crippen LogP contribution >= 0.6 is 36.2 Å². The van der Waals surface area contributed by atoms with Gasteiger partial charge >= 0.3 is 0 Å². The van der Waals surface area contributed by atoms with Crippen molar-refractivity contribution < 1.29 is 19.4 Å². The number of ketones is 1. The van der Waals surface area contributed by atoms with Gasteiger partial charge in [0.15, 0.2) is 5.78 Å². The lowest BCUT2D eigenvalue weighted by Crippen LogP contribution is -2.22. The fourth-order valence-electron chi connectivity index (χ4n) is 4.36. The van der Waals surface area contributed by atoms with E-state index >= 15 is 0 Å². The number of pyridine rings is 1. The van der Waals surface area contributed by atoms with Crippen LogP contribution in [-0.4, -0.2) is 54.0 Å². The Morgan fingerprint density at radius 3 is 2.54 bits per heavy atom. The molecule has 4 rings (SSSR count). The molecular formula is C27H31Cl2N3O4S. The number of carbonyl (C=O) groups excluding carboxylic acids is 2. The summed E-state index contributed by atoms with van der Waals surface area (Å²) in [6, 6.07) is 13.4. The number of halogens is 2. The van der Waals surface area contributed by atoms with Crippen LogP contribution < -0.4 is 5.32 Å². The number of hydrogen-bond acceptors (Lipinski definition) is 7. The number of likely N-dealkylation sites (N-methyl/N-ethyl adjacent to an activating group) is 1. The van der Waals surface area contributed by atoms with E-state index in [1.54, 1.807) is 13.2 Å². The van der Waals surface area contributed by atoms with Gasteiger partial charge in [0.25, 0.3) is 5.91 Å². The highest BCUT2D eigenvalue weighted by molar-refractivity contribution is 7.21. The van der Waals surface area contributed by atoms with Crippen LogP contribution in [0.3, 0.4) is 0 Å². The Kier molecular flexibility index (Phi) is 11.0. The molecule has 2 aromatic heterocycles. The Labute approximate surface area is 232 Å². The summed E-state index contributed by atoms with van der Waals surface area (Å²) in [6.07, 6.45) is 0. The van der Waals surface area contributed by atoms with Crippen LogP contribution in [0.25, 0.3) is 21.0 Å². The first-order chi connectivity index (χ1) is 16.8. The van der Waals surface area contributed by atoms with Gasteiger partial charge in [-0.25, -0.2) is 4.98 Å². The number of ether oxygens (including phenoxy) is 1. The van der Waals surface area contributed by atoms with E-state index in [9.17, 15) is 14.7 Å². The van der Waals surface area contributed by atoms with Crippen LogP contribution in [-0.2, 0) is 17.9 Å². The maximum Gasteiger partial charge on any atom is 0.267 e. The van der Waals surface area contributed by atoms with E-state index in [-0.39, 0.29) is 43.1 Å². The molecule has 0 saturated heterocycles. The summed E-state index contributed by atoms with van der Waals surface area (Å²) in [6.45, 7) is 5.05. The number of fused-ring (bicyclic) bond motifs is 2. The molecule has 0 unspecified atom stereocenters. The summed E-state index contributed by atoms with van der Waals surface area (Å²) >= 11 is 1.32. The molecule has 37 heavy (non-hydrogen) atoms. The second kappa shape index (κ2) is 13.3. The van der Waals surface area contributed by atoms with Gasteiger partial charge in [0.1, 0.15) is 5.82 Å². The molecule has 0 spiro atoms. The SMILES string of the molecule is COCc1ccc(C(C)=O)c2sc(C(=O)Nc3cc(CN(C)CCO)c4ccccc4n3)c(C)c12.Cl.Cl. The molecule has 7 nitrogen and oxygen atoms in total. The number of carbonyl (C=O) groups is 2. The monoisotopic (exact) mass is 563 g/mol. The number of methoxy groups -OCH3 is 1. The number of para-hydroxylation sites is 1. The Bertz CT molecular complexity index is 1420. The van der Waals surface area contributed by atoms with Crippen molar-refractivity contribution in [2.24, 2.45) is 0 Å². The molecule has 198 valence electrons. The Hall–Kier alpha value is -2.59. The van der Waals surface area contributed by atoms with Gasteiger partial charge in [-0.15, -0.1) is 36.2 Å². The predicted octanol–water partition coefficient (Wildman–Crippen LogP) is 5.63. The van der Waals surface area contributed by atoms with E-state index in [1.807, 2.05) is 55.3 Å². The minimum absolute atomic E-state index is 0. The normalized spacial score (nSPS) is 10.9. The predicted molar refractivity (Wildman–Crippen MR) is 155 cm³/mol. The molecule has 0 fully saturated rings. The van der Waals surface area contributed by atoms with Crippen LogP contribution in [0.1, 0.15) is 43.6 Å². The average Bonchev–Trinajstić information content (AvgIpc) is 3.17. The fraction of sp³-hybridized carbons (Fsp3) is 0.296. The summed E-state index contributed by atoms with van der Waals surface area (Å²) in [7, 11) is 3.56. The highest BCUT2D eigenvalue weighted by Crippen LogP contribution is 2.37. The van der Waals surface area contributed by atoms with Gasteiger partial charge in [-0.2, -0.15) is 0 Å². The third kappa shape index (κ3) is 6.46. The van der Waals surface area contributed by atoms with Crippen molar-refractivity contribution in [2.75, 3.05) is 32.6 Å². The first-order valence-corrected chi connectivity index (χ1v) is 12.2. The molecular weight excluding hydrogens is 533 g/mol. The number of thiophene rings is 1. The summed E-state index contributed by atoms with van der Waals surface area (Å²) in [5, 5.41) is 14.2. The van der Waals surface area contributed by atoms with Crippen molar-refractivity contribution in [1.29, 1.82) is 0 Å². The van der Waals surface area contributed by atoms with Gasteiger partial charge in [0.05, 0.1) is 23.6 Å². The number of nitrogens with zero attached hydrogens (tertiary/aromatic N) is 2. The molecule has 10 heteroatoms. The highest BCUT2D eigenvalue weighted by Gasteiger charge is 2.22. The van der Waals surface area contributed by atoms with Crippen molar-refractivity contribution in [3.8, 4) is 0 Å². The molecule has 2 N–H and O–H groups in total. The maximum atomic E-state index is 13.4. The molecule has 4 aromatic rings. The number of anilines is 1. The van der Waals surface area contributed by atoms with Gasteiger partial charge < -0.3 is 15.2 Å². The number of hydrogen-bond donors (Lipinski definition) is 2. The summed E-state index contributed by atoms with van der Waals surface area (Å²) in [5.41, 5.74) is 4.16. The highest BCUT2D eigenvalue weighted by atomic mass is 35.5. The molecule has 0 aliphatic rings. The van der Waals surface area contributed by atoms with Crippen molar-refractivity contribution in [3.05, 3.63) is 69.6 Å². The number of aryl methyl sites for hydroxylation is 1. The van der Waals surface area contributed by atoms with Crippen LogP contribution in [0.5, 0.6) is 0 Å². The van der Waals surface area contributed by atoms with Gasteiger partial charge in [0.2, 0.25) is 0 Å². The Morgan fingerprint density at radius 1 is 1.14 bits per heavy atom. The zero-order valence-corrected chi connectivity index (χ0v) is 23.6. The van der Waals surface area contributed by atoms with E-state index in [0.717, 1.165) is 37.7 Å². The fourth-order valence-corrected chi connectivity index (χ4v) is 5.67. The number of amides is 1. The minimum atomic E-state index is -0.265. The third-order valence-corrected chi connectivity index (χ3v) is 7.34. The molecule has 0 atom stereocenters. The lowest BCUT2D eigenvalue weighted by molar-refractivity contribution is 0.101. The van der Waals surface area contributed by atoms with E-state index in [2.05, 4.69) is 10.3 Å². The van der Waals surface area contributed by atoms with Crippen LogP contribution in [0, 0.1) is 6.92 Å². The van der Waals surface area contributed by atoms with E-state index in [0.29, 0.717) is 36.0 Å². The zero-order valence-electron chi connectivity index (χ0n) is 21.2. The first-order valence-electron chi connectivity index (χ1n) is 11.4. The standard InChI is InChI=1S/C27H29N3O4S.2ClH/c1-16-24-18(15-34-4)9-10-20(17(2)32)26(24)35-25(16)27(33)29-23-13-19(14-30(3)11-12-31)21-7-5-6-8-22(21)28-23;;/h5-10,13,31H,11-12,14-15H2,1-4H3,(H,28,29,33);2*1H. The number of benzene rings is 2. The van der Waals surface area contributed by atoms with Crippen LogP contribution in [0.15, 0.2) is 42.5 Å². The average molecular weight is 565 g/mol. The smallest absolute Gasteiger partial charge is 0.267 e. The van der Waals surface area contributed by atoms with Crippen molar-refractivity contribution in [1.82, 2.24) is 9.88 Å². The molecule has 0 aliphatic carbocycles. The molecule has 0 bridgehead atoms. The number of Topliss-reactive ketones (excluding diaryl/α,β-unsaturated/α-hetero) is 1. The third-order valence-electron chi connectivity index (χ3n) is 6.01. The zero-order chi connectivity index (χ0) is 25.1. The summed E-state index contributed by atoms with van der Waals surface area (Å²) < 4.78 is 6.15. The van der Waals surface area contributed by atoms with Gasteiger partial charge in [-0.3, -0.25) is 14.5 Å². The first kappa shape index (κ1) is 30.6. The number of nitrogens with one attached hydrogen (secondary N) is 1. The molecule has 0 radical (unpaired) electrons. The van der Waals surface area contributed by atoms with E-state index < -0.39 is 0 Å². The number of aliphatic hydroxyl groups is 1. The molecule has 2 heterocycles. The Morgan fingerprint density at radius 2 is 1.86 bits per heavy atom. The van der Waals surface area contributed by atoms with Crippen molar-refractivity contribution >= 4 is 74.6 Å². The van der Waals surface area contributed by atoms with Crippen molar-refractivity contribution in [3.63, 3.8) is 0 Å². The van der Waals surface area contributed by atoms with Gasteiger partial charge in [-0.1, -0.05) is 24.3 Å². The maximum absolute atomic E-state index is 13.4. The largest absolute Gasteiger partial charge is 0.395 e. The number of aromatic nitrogens is 1. The van der Waals surface area contributed by atoms with Crippen molar-refractivity contribution in [2.45, 2.75) is 27.0 Å².